The molecule has 3 heteroatoms. The summed E-state index contributed by atoms with van der Waals surface area (Å²) in [6.07, 6.45) is 9.02. The number of thioether (sulfide) groups is 1. The highest BCUT2D eigenvalue weighted by molar-refractivity contribution is 8.01. The van der Waals surface area contributed by atoms with E-state index in [1.54, 1.807) is 0 Å². The standard InChI is InChI=1S/C19H16OS2/c20-18-13-3-1-2-9-6-7-12-15-10-4-5-11(8-10)17(15)21-19(22-18)16(12)14(9)13/h1-3,6-7,10-12,15,17H,4-5,8H2/t10-,11-,12+,15-,17+/m0/s1. The van der Waals surface area contributed by atoms with Crippen LogP contribution in [0.15, 0.2) is 33.3 Å². The second kappa shape index (κ2) is 4.07. The second-order valence-electron chi connectivity index (χ2n) is 7.24. The summed E-state index contributed by atoms with van der Waals surface area (Å²) in [7, 11) is 0. The molecule has 22 heavy (non-hydrogen) atoms. The minimum Gasteiger partial charge on any atom is -0.277 e. The van der Waals surface area contributed by atoms with Gasteiger partial charge in [-0.05, 0) is 59.6 Å². The highest BCUT2D eigenvalue weighted by atomic mass is 32.2. The Bertz CT molecular complexity index is 910. The average molecular weight is 324 g/mol. The maximum absolute atomic E-state index is 12.6. The van der Waals surface area contributed by atoms with Crippen LogP contribution < -0.4 is 4.74 Å². The molecule has 2 bridgehead atoms. The zero-order valence-electron chi connectivity index (χ0n) is 12.1. The largest absolute Gasteiger partial charge is 0.277 e. The molecule has 0 spiro atoms. The molecule has 3 aliphatic carbocycles. The third-order valence-electron chi connectivity index (χ3n) is 6.37. The highest BCUT2D eigenvalue weighted by Gasteiger charge is 2.54. The van der Waals surface area contributed by atoms with E-state index in [0.29, 0.717) is 5.92 Å². The van der Waals surface area contributed by atoms with Gasteiger partial charge in [-0.2, -0.15) is 0 Å². The van der Waals surface area contributed by atoms with Crippen molar-refractivity contribution >= 4 is 39.9 Å². The minimum absolute atomic E-state index is 0.249. The Morgan fingerprint density at radius 1 is 1.14 bits per heavy atom. The fraction of sp³-hybridized carbons (Fsp3) is 0.421. The third-order valence-corrected chi connectivity index (χ3v) is 9.12. The lowest BCUT2D eigenvalue weighted by Gasteiger charge is -2.41. The van der Waals surface area contributed by atoms with Crippen LogP contribution in [0.25, 0.3) is 16.8 Å². The van der Waals surface area contributed by atoms with Crippen LogP contribution in [0.1, 0.15) is 36.3 Å². The van der Waals surface area contributed by atoms with E-state index in [2.05, 4.69) is 30.0 Å². The van der Waals surface area contributed by atoms with Crippen molar-refractivity contribution in [2.24, 2.45) is 17.8 Å². The van der Waals surface area contributed by atoms with Crippen molar-refractivity contribution in [2.45, 2.75) is 34.6 Å². The molecule has 1 nitrogen and oxygen atoms in total. The summed E-state index contributed by atoms with van der Waals surface area (Å²) in [5.41, 5.74) is 2.74. The topological polar surface area (TPSA) is 17.1 Å². The predicted molar refractivity (Wildman–Crippen MR) is 93.8 cm³/mol. The van der Waals surface area contributed by atoms with Gasteiger partial charge in [0.15, 0.2) is 0 Å². The Morgan fingerprint density at radius 2 is 2.05 bits per heavy atom. The van der Waals surface area contributed by atoms with Crippen molar-refractivity contribution in [3.8, 4) is 0 Å². The van der Waals surface area contributed by atoms with Crippen LogP contribution in [0.3, 0.4) is 0 Å². The molecule has 5 atom stereocenters. The molecule has 1 aromatic carbocycles. The molecule has 2 fully saturated rings. The Kier molecular flexibility index (Phi) is 2.29. The van der Waals surface area contributed by atoms with Crippen molar-refractivity contribution in [1.29, 1.82) is 0 Å². The number of rotatable bonds is 0. The van der Waals surface area contributed by atoms with Crippen molar-refractivity contribution in [1.82, 2.24) is 0 Å². The summed E-state index contributed by atoms with van der Waals surface area (Å²) >= 11 is 3.56. The molecule has 6 rings (SSSR count). The second-order valence-corrected chi connectivity index (χ2v) is 9.67. The molecule has 2 saturated carbocycles. The van der Waals surface area contributed by atoms with Gasteiger partial charge in [0.1, 0.15) is 0 Å². The SMILES string of the molecule is O=c1sc2c3c4c(cccc14)C=C[C@@H]3[C@@H]1[C@H]3CC[C@@H](C3)[C@H]1S2. The van der Waals surface area contributed by atoms with Gasteiger partial charge in [-0.15, -0.1) is 11.8 Å². The van der Waals surface area contributed by atoms with Gasteiger partial charge >= 0.3 is 0 Å². The van der Waals surface area contributed by atoms with E-state index >= 15 is 0 Å². The van der Waals surface area contributed by atoms with Gasteiger partial charge in [0.25, 0.3) is 0 Å². The number of fused-ring (bicyclic) bond motifs is 6. The fourth-order valence-corrected chi connectivity index (χ4v) is 8.72. The van der Waals surface area contributed by atoms with Gasteiger partial charge in [-0.25, -0.2) is 0 Å². The van der Waals surface area contributed by atoms with Gasteiger partial charge in [-0.3, -0.25) is 4.79 Å². The van der Waals surface area contributed by atoms with Crippen LogP contribution in [0.5, 0.6) is 0 Å². The molecule has 1 aromatic heterocycles. The van der Waals surface area contributed by atoms with E-state index in [1.807, 2.05) is 12.1 Å². The van der Waals surface area contributed by atoms with Crippen LogP contribution in [0.4, 0.5) is 0 Å². The van der Waals surface area contributed by atoms with Crippen LogP contribution in [0, 0.1) is 17.8 Å². The smallest absolute Gasteiger partial charge is 0.241 e. The van der Waals surface area contributed by atoms with Crippen molar-refractivity contribution in [2.75, 3.05) is 0 Å². The number of hydrogen-bond acceptors (Lipinski definition) is 3. The first-order valence-corrected chi connectivity index (χ1v) is 9.95. The quantitative estimate of drug-likeness (QED) is 0.686. The molecule has 2 heterocycles. The molecule has 0 radical (unpaired) electrons. The van der Waals surface area contributed by atoms with E-state index in [4.69, 9.17) is 0 Å². The first kappa shape index (κ1) is 12.4. The summed E-state index contributed by atoms with van der Waals surface area (Å²) in [6, 6.07) is 6.21. The van der Waals surface area contributed by atoms with Crippen LogP contribution in [0.2, 0.25) is 0 Å². The van der Waals surface area contributed by atoms with Crippen LogP contribution in [-0.2, 0) is 0 Å². The van der Waals surface area contributed by atoms with E-state index in [0.717, 1.165) is 28.4 Å². The van der Waals surface area contributed by atoms with Crippen LogP contribution >= 0.6 is 23.1 Å². The van der Waals surface area contributed by atoms with Crippen molar-refractivity contribution in [3.05, 3.63) is 44.9 Å². The average Bonchev–Trinajstić information content (AvgIpc) is 3.15. The monoisotopic (exact) mass is 324 g/mol. The van der Waals surface area contributed by atoms with E-state index in [1.165, 1.54) is 51.3 Å². The number of hydrogen-bond donors (Lipinski definition) is 0. The Balaban J connectivity index is 1.71. The first-order valence-electron chi connectivity index (χ1n) is 8.26. The summed E-state index contributed by atoms with van der Waals surface area (Å²) < 4.78 is 1.58. The molecular formula is C19H16OS2. The summed E-state index contributed by atoms with van der Waals surface area (Å²) in [5, 5.41) is 2.97. The normalized spacial score (nSPS) is 36.8. The molecule has 0 unspecified atom stereocenters. The fourth-order valence-electron chi connectivity index (χ4n) is 5.57. The summed E-state index contributed by atoms with van der Waals surface area (Å²) in [4.78, 5) is 12.6. The Hall–Kier alpha value is -1.06. The minimum atomic E-state index is 0.249. The maximum Gasteiger partial charge on any atom is 0.241 e. The van der Waals surface area contributed by atoms with E-state index in [-0.39, 0.29) is 4.74 Å². The van der Waals surface area contributed by atoms with Gasteiger partial charge < -0.3 is 0 Å². The van der Waals surface area contributed by atoms with Crippen LogP contribution in [-0.4, -0.2) is 5.25 Å². The Labute approximate surface area is 137 Å². The molecule has 2 aromatic rings. The summed E-state index contributed by atoms with van der Waals surface area (Å²) in [6.45, 7) is 0. The molecular weight excluding hydrogens is 308 g/mol. The van der Waals surface area contributed by atoms with Crippen molar-refractivity contribution < 1.29 is 0 Å². The lowest BCUT2D eigenvalue weighted by Crippen LogP contribution is -2.33. The highest BCUT2D eigenvalue weighted by Crippen LogP contribution is 2.64. The number of allylic oxidation sites excluding steroid dienone is 1. The van der Waals surface area contributed by atoms with Gasteiger partial charge in [0.05, 0.1) is 4.21 Å². The molecule has 0 saturated heterocycles. The third kappa shape index (κ3) is 1.36. The Morgan fingerprint density at radius 3 is 3.00 bits per heavy atom. The summed E-state index contributed by atoms with van der Waals surface area (Å²) in [5.74, 6) is 3.19. The molecule has 110 valence electrons. The molecule has 0 N–H and O–H groups in total. The van der Waals surface area contributed by atoms with E-state index in [9.17, 15) is 4.79 Å². The zero-order valence-corrected chi connectivity index (χ0v) is 13.8. The maximum atomic E-state index is 12.6. The van der Waals surface area contributed by atoms with Gasteiger partial charge in [0.2, 0.25) is 4.74 Å². The zero-order chi connectivity index (χ0) is 14.4. The predicted octanol–water partition coefficient (Wildman–Crippen LogP) is 4.89. The van der Waals surface area contributed by atoms with Gasteiger partial charge in [0, 0.05) is 16.6 Å². The van der Waals surface area contributed by atoms with Crippen molar-refractivity contribution in [3.63, 3.8) is 0 Å². The molecule has 0 amide bonds. The molecule has 4 aliphatic rings. The van der Waals surface area contributed by atoms with Gasteiger partial charge in [-0.1, -0.05) is 35.6 Å². The molecule has 1 aliphatic heterocycles. The lowest BCUT2D eigenvalue weighted by atomic mass is 9.73. The number of benzene rings is 1. The van der Waals surface area contributed by atoms with E-state index < -0.39 is 0 Å². The first-order chi connectivity index (χ1) is 10.8. The lowest BCUT2D eigenvalue weighted by molar-refractivity contribution is 0.312.